The van der Waals surface area contributed by atoms with E-state index in [1.165, 1.54) is 44.4 Å². The first-order chi connectivity index (χ1) is 11.2. The predicted molar refractivity (Wildman–Crippen MR) is 97.1 cm³/mol. The Labute approximate surface area is 151 Å². The van der Waals surface area contributed by atoms with Gasteiger partial charge in [0, 0.05) is 19.7 Å². The van der Waals surface area contributed by atoms with Gasteiger partial charge in [-0.25, -0.2) is 12.7 Å². The van der Waals surface area contributed by atoms with Crippen molar-refractivity contribution in [3.8, 4) is 0 Å². The Balaban J connectivity index is 2.22. The van der Waals surface area contributed by atoms with E-state index in [0.717, 1.165) is 4.31 Å². The number of hydrogen-bond donors (Lipinski definition) is 0. The average Bonchev–Trinajstić information content (AvgIpc) is 2.56. The normalized spacial score (nSPS) is 12.0. The molecule has 126 valence electrons. The van der Waals surface area contributed by atoms with Gasteiger partial charge in [0.1, 0.15) is 0 Å². The summed E-state index contributed by atoms with van der Waals surface area (Å²) in [6.07, 6.45) is 2.94. The number of rotatable bonds is 5. The maximum Gasteiger partial charge on any atom is 0.242 e. The lowest BCUT2D eigenvalue weighted by atomic mass is 10.1. The van der Waals surface area contributed by atoms with Crippen LogP contribution in [-0.4, -0.2) is 32.6 Å². The zero-order chi connectivity index (χ0) is 17.9. The van der Waals surface area contributed by atoms with E-state index >= 15 is 0 Å². The van der Waals surface area contributed by atoms with E-state index in [-0.39, 0.29) is 10.7 Å². The summed E-state index contributed by atoms with van der Waals surface area (Å²) in [5.74, 6) is -0.264. The summed E-state index contributed by atoms with van der Waals surface area (Å²) in [6, 6.07) is 10.9. The number of carbonyl (C=O) groups is 1. The molecule has 0 amide bonds. The summed E-state index contributed by atoms with van der Waals surface area (Å²) in [4.78, 5) is 12.3. The molecular weight excluding hydrogens is 369 g/mol. The molecule has 0 unspecified atom stereocenters. The fourth-order valence-corrected chi connectivity index (χ4v) is 3.19. The summed E-state index contributed by atoms with van der Waals surface area (Å²) in [5.41, 5.74) is 1.01. The smallest absolute Gasteiger partial charge is 0.242 e. The maximum atomic E-state index is 12.2. The number of halogens is 2. The Bertz CT molecular complexity index is 889. The molecule has 0 fully saturated rings. The molecule has 0 aliphatic carbocycles. The first kappa shape index (κ1) is 18.7. The van der Waals surface area contributed by atoms with Crippen LogP contribution in [0.3, 0.4) is 0 Å². The molecule has 0 aromatic heterocycles. The molecule has 0 bridgehead atoms. The molecule has 0 radical (unpaired) electrons. The van der Waals surface area contributed by atoms with E-state index in [0.29, 0.717) is 21.2 Å². The van der Waals surface area contributed by atoms with E-state index in [2.05, 4.69) is 0 Å². The summed E-state index contributed by atoms with van der Waals surface area (Å²) in [5, 5.41) is 0.778. The molecule has 0 aliphatic rings. The molecule has 0 heterocycles. The van der Waals surface area contributed by atoms with E-state index in [9.17, 15) is 13.2 Å². The minimum absolute atomic E-state index is 0.130. The molecule has 0 saturated carbocycles. The molecule has 0 N–H and O–H groups in total. The van der Waals surface area contributed by atoms with Crippen LogP contribution in [0.25, 0.3) is 6.08 Å². The van der Waals surface area contributed by atoms with Gasteiger partial charge in [-0.3, -0.25) is 4.79 Å². The summed E-state index contributed by atoms with van der Waals surface area (Å²) >= 11 is 12.0. The Morgan fingerprint density at radius 1 is 1.04 bits per heavy atom. The van der Waals surface area contributed by atoms with E-state index in [1.807, 2.05) is 0 Å². The standard InChI is InChI=1S/C17H15Cl2NO3S/c1-20(2)24(22,23)14-9-6-12(7-10-14)16(21)11-8-13-4-3-5-15(18)17(13)19/h3-11H,1-2H3/b11-8+. The summed E-state index contributed by atoms with van der Waals surface area (Å²) < 4.78 is 25.1. The van der Waals surface area contributed by atoms with Crippen molar-refractivity contribution < 1.29 is 13.2 Å². The quantitative estimate of drug-likeness (QED) is 0.575. The lowest BCUT2D eigenvalue weighted by molar-refractivity contribution is 0.104. The maximum absolute atomic E-state index is 12.2. The second-order valence-corrected chi connectivity index (χ2v) is 8.09. The minimum atomic E-state index is -3.51. The highest BCUT2D eigenvalue weighted by Crippen LogP contribution is 2.26. The molecule has 0 aliphatic heterocycles. The van der Waals surface area contributed by atoms with Gasteiger partial charge in [0.05, 0.1) is 14.9 Å². The SMILES string of the molecule is CN(C)S(=O)(=O)c1ccc(C(=O)/C=C/c2cccc(Cl)c2Cl)cc1. The lowest BCUT2D eigenvalue weighted by Gasteiger charge is -2.11. The van der Waals surface area contributed by atoms with Gasteiger partial charge in [-0.1, -0.05) is 35.3 Å². The molecule has 2 aromatic rings. The van der Waals surface area contributed by atoms with Crippen LogP contribution in [0.5, 0.6) is 0 Å². The fraction of sp³-hybridized carbons (Fsp3) is 0.118. The zero-order valence-corrected chi connectivity index (χ0v) is 15.4. The number of nitrogens with zero attached hydrogens (tertiary/aromatic N) is 1. The first-order valence-corrected chi connectivity index (χ1v) is 9.12. The van der Waals surface area contributed by atoms with Crippen molar-refractivity contribution in [2.45, 2.75) is 4.90 Å². The number of hydrogen-bond acceptors (Lipinski definition) is 3. The predicted octanol–water partition coefficient (Wildman–Crippen LogP) is 4.14. The average molecular weight is 384 g/mol. The van der Waals surface area contributed by atoms with Gasteiger partial charge in [-0.05, 0) is 48.0 Å². The lowest BCUT2D eigenvalue weighted by Crippen LogP contribution is -2.22. The van der Waals surface area contributed by atoms with Crippen LogP contribution in [0, 0.1) is 0 Å². The molecular formula is C17H15Cl2NO3S. The van der Waals surface area contributed by atoms with Crippen LogP contribution < -0.4 is 0 Å². The van der Waals surface area contributed by atoms with Crippen molar-refractivity contribution in [1.82, 2.24) is 4.31 Å². The van der Waals surface area contributed by atoms with Crippen molar-refractivity contribution in [1.29, 1.82) is 0 Å². The number of benzene rings is 2. The summed E-state index contributed by atoms with van der Waals surface area (Å²) in [6.45, 7) is 0. The van der Waals surface area contributed by atoms with Crippen molar-refractivity contribution in [3.05, 3.63) is 69.7 Å². The van der Waals surface area contributed by atoms with Crippen LogP contribution in [0.2, 0.25) is 10.0 Å². The first-order valence-electron chi connectivity index (χ1n) is 6.92. The molecule has 2 aromatic carbocycles. The Morgan fingerprint density at radius 3 is 2.25 bits per heavy atom. The highest BCUT2D eigenvalue weighted by Gasteiger charge is 2.17. The Hall–Kier alpha value is -1.66. The topological polar surface area (TPSA) is 54.5 Å². The molecule has 4 nitrogen and oxygen atoms in total. The molecule has 7 heteroatoms. The van der Waals surface area contributed by atoms with Gasteiger partial charge >= 0.3 is 0 Å². The summed E-state index contributed by atoms with van der Waals surface area (Å²) in [7, 11) is -0.613. The van der Waals surface area contributed by atoms with E-state index in [4.69, 9.17) is 23.2 Å². The van der Waals surface area contributed by atoms with Crippen LogP contribution in [0.1, 0.15) is 15.9 Å². The molecule has 2 rings (SSSR count). The second kappa shape index (κ2) is 7.49. The minimum Gasteiger partial charge on any atom is -0.289 e. The second-order valence-electron chi connectivity index (χ2n) is 5.15. The van der Waals surface area contributed by atoms with Gasteiger partial charge in [0.2, 0.25) is 10.0 Å². The van der Waals surface area contributed by atoms with Crippen molar-refractivity contribution in [2.75, 3.05) is 14.1 Å². The number of allylic oxidation sites excluding steroid dienone is 1. The van der Waals surface area contributed by atoms with Crippen LogP contribution >= 0.6 is 23.2 Å². The highest BCUT2D eigenvalue weighted by atomic mass is 35.5. The van der Waals surface area contributed by atoms with Crippen LogP contribution in [0.15, 0.2) is 53.4 Å². The van der Waals surface area contributed by atoms with Crippen molar-refractivity contribution >= 4 is 45.1 Å². The van der Waals surface area contributed by atoms with Gasteiger partial charge in [-0.2, -0.15) is 0 Å². The zero-order valence-electron chi connectivity index (χ0n) is 13.0. The number of sulfonamides is 1. The molecule has 24 heavy (non-hydrogen) atoms. The van der Waals surface area contributed by atoms with Gasteiger partial charge in [0.25, 0.3) is 0 Å². The van der Waals surface area contributed by atoms with Gasteiger partial charge < -0.3 is 0 Å². The highest BCUT2D eigenvalue weighted by molar-refractivity contribution is 7.89. The Kier molecular flexibility index (Phi) is 5.83. The monoisotopic (exact) mass is 383 g/mol. The molecule has 0 saturated heterocycles. The van der Waals surface area contributed by atoms with Crippen molar-refractivity contribution in [2.24, 2.45) is 0 Å². The molecule has 0 atom stereocenters. The van der Waals surface area contributed by atoms with Crippen molar-refractivity contribution in [3.63, 3.8) is 0 Å². The third kappa shape index (κ3) is 4.05. The van der Waals surface area contributed by atoms with E-state index < -0.39 is 10.0 Å². The van der Waals surface area contributed by atoms with Crippen LogP contribution in [0.4, 0.5) is 0 Å². The fourth-order valence-electron chi connectivity index (χ4n) is 1.91. The third-order valence-electron chi connectivity index (χ3n) is 3.31. The van der Waals surface area contributed by atoms with E-state index in [1.54, 1.807) is 24.3 Å². The third-order valence-corrected chi connectivity index (χ3v) is 5.98. The number of ketones is 1. The Morgan fingerprint density at radius 2 is 1.67 bits per heavy atom. The largest absolute Gasteiger partial charge is 0.289 e. The van der Waals surface area contributed by atoms with Crippen LogP contribution in [-0.2, 0) is 10.0 Å². The molecule has 0 spiro atoms. The number of carbonyl (C=O) groups excluding carboxylic acids is 1. The van der Waals surface area contributed by atoms with Gasteiger partial charge in [0.15, 0.2) is 5.78 Å². The van der Waals surface area contributed by atoms with Gasteiger partial charge in [-0.15, -0.1) is 0 Å².